The van der Waals surface area contributed by atoms with Gasteiger partial charge in [-0.1, -0.05) is 26.0 Å². The standard InChI is InChI=1S/C17H17N3O4S/c1-12(2)16(24-15-8-4-3-6-13(15)10-18)17(21)20-25(22,23)14-7-5-9-19-11-14/h3-9,11-12,16H,1-2H3,(H,20,21)/t16-/m0/s1. The van der Waals surface area contributed by atoms with Crippen LogP contribution in [0.2, 0.25) is 0 Å². The van der Waals surface area contributed by atoms with Crippen LogP contribution < -0.4 is 9.46 Å². The number of nitrogens with zero attached hydrogens (tertiary/aromatic N) is 2. The van der Waals surface area contributed by atoms with Gasteiger partial charge in [0.1, 0.15) is 16.7 Å². The summed E-state index contributed by atoms with van der Waals surface area (Å²) in [5, 5.41) is 9.11. The molecule has 0 aliphatic heterocycles. The van der Waals surface area contributed by atoms with Gasteiger partial charge in [-0.05, 0) is 30.2 Å². The van der Waals surface area contributed by atoms with Crippen LogP contribution in [0.5, 0.6) is 5.75 Å². The lowest BCUT2D eigenvalue weighted by molar-refractivity contribution is -0.127. The number of sulfonamides is 1. The molecule has 2 aromatic rings. The zero-order valence-corrected chi connectivity index (χ0v) is 14.5. The summed E-state index contributed by atoms with van der Waals surface area (Å²) >= 11 is 0. The zero-order valence-electron chi connectivity index (χ0n) is 13.7. The van der Waals surface area contributed by atoms with E-state index in [-0.39, 0.29) is 22.1 Å². The van der Waals surface area contributed by atoms with Crippen molar-refractivity contribution in [3.8, 4) is 11.8 Å². The van der Waals surface area contributed by atoms with Gasteiger partial charge in [-0.15, -0.1) is 0 Å². The minimum atomic E-state index is -4.05. The number of ether oxygens (including phenoxy) is 1. The Hall–Kier alpha value is -2.92. The Balaban J connectivity index is 2.23. The molecular formula is C17H17N3O4S. The number of aromatic nitrogens is 1. The predicted molar refractivity (Wildman–Crippen MR) is 90.0 cm³/mol. The minimum absolute atomic E-state index is 0.122. The van der Waals surface area contributed by atoms with Gasteiger partial charge < -0.3 is 4.74 Å². The Morgan fingerprint density at radius 2 is 1.96 bits per heavy atom. The second-order valence-corrected chi connectivity index (χ2v) is 7.23. The molecule has 1 aromatic heterocycles. The highest BCUT2D eigenvalue weighted by atomic mass is 32.2. The molecule has 0 fully saturated rings. The van der Waals surface area contributed by atoms with E-state index in [4.69, 9.17) is 10.00 Å². The van der Waals surface area contributed by atoms with Crippen molar-refractivity contribution in [2.24, 2.45) is 5.92 Å². The number of rotatable bonds is 6. The Morgan fingerprint density at radius 3 is 2.56 bits per heavy atom. The van der Waals surface area contributed by atoms with Crippen molar-refractivity contribution in [1.29, 1.82) is 5.26 Å². The Bertz CT molecular complexity index is 890. The van der Waals surface area contributed by atoms with Gasteiger partial charge in [0.2, 0.25) is 0 Å². The van der Waals surface area contributed by atoms with Crippen LogP contribution in [0.1, 0.15) is 19.4 Å². The first kappa shape index (κ1) is 18.4. The first-order valence-electron chi connectivity index (χ1n) is 7.47. The molecule has 1 heterocycles. The monoisotopic (exact) mass is 359 g/mol. The zero-order chi connectivity index (χ0) is 18.4. The number of hydrogen-bond donors (Lipinski definition) is 1. The largest absolute Gasteiger partial charge is 0.479 e. The second kappa shape index (κ2) is 7.77. The summed E-state index contributed by atoms with van der Waals surface area (Å²) < 4.78 is 32.2. The van der Waals surface area contributed by atoms with E-state index in [1.54, 1.807) is 38.1 Å². The van der Waals surface area contributed by atoms with Crippen LogP contribution >= 0.6 is 0 Å². The topological polar surface area (TPSA) is 109 Å². The molecule has 25 heavy (non-hydrogen) atoms. The molecule has 0 radical (unpaired) electrons. The highest BCUT2D eigenvalue weighted by Crippen LogP contribution is 2.21. The van der Waals surface area contributed by atoms with Crippen molar-refractivity contribution in [1.82, 2.24) is 9.71 Å². The fourth-order valence-corrected chi connectivity index (χ4v) is 3.00. The number of carbonyl (C=O) groups is 1. The number of nitrogens with one attached hydrogen (secondary N) is 1. The van der Waals surface area contributed by atoms with Crippen LogP contribution in [0, 0.1) is 17.2 Å². The van der Waals surface area contributed by atoms with Crippen LogP contribution in [0.4, 0.5) is 0 Å². The second-order valence-electron chi connectivity index (χ2n) is 5.55. The van der Waals surface area contributed by atoms with E-state index >= 15 is 0 Å². The number of carbonyl (C=O) groups excluding carboxylic acids is 1. The Labute approximate surface area is 146 Å². The predicted octanol–water partition coefficient (Wildman–Crippen LogP) is 1.86. The maximum absolute atomic E-state index is 12.5. The molecule has 1 amide bonds. The normalized spacial score (nSPS) is 12.2. The third kappa shape index (κ3) is 4.55. The molecule has 1 atom stereocenters. The maximum atomic E-state index is 12.5. The minimum Gasteiger partial charge on any atom is -0.479 e. The third-order valence-electron chi connectivity index (χ3n) is 3.31. The molecular weight excluding hydrogens is 342 g/mol. The van der Waals surface area contributed by atoms with Crippen molar-refractivity contribution >= 4 is 15.9 Å². The van der Waals surface area contributed by atoms with Crippen LogP contribution in [0.15, 0.2) is 53.7 Å². The van der Waals surface area contributed by atoms with Crippen molar-refractivity contribution < 1.29 is 17.9 Å². The third-order valence-corrected chi connectivity index (χ3v) is 4.64. The van der Waals surface area contributed by atoms with Gasteiger partial charge in [0.15, 0.2) is 6.10 Å². The van der Waals surface area contributed by atoms with E-state index in [0.717, 1.165) is 6.20 Å². The van der Waals surface area contributed by atoms with E-state index < -0.39 is 22.0 Å². The van der Waals surface area contributed by atoms with Gasteiger partial charge in [0.25, 0.3) is 15.9 Å². The molecule has 0 aliphatic rings. The van der Waals surface area contributed by atoms with Gasteiger partial charge in [0.05, 0.1) is 5.56 Å². The summed E-state index contributed by atoms with van der Waals surface area (Å²) in [4.78, 5) is 16.1. The lowest BCUT2D eigenvalue weighted by atomic mass is 10.1. The molecule has 0 bridgehead atoms. The maximum Gasteiger partial charge on any atom is 0.275 e. The highest BCUT2D eigenvalue weighted by molar-refractivity contribution is 7.90. The number of hydrogen-bond acceptors (Lipinski definition) is 6. The first-order valence-corrected chi connectivity index (χ1v) is 8.96. The summed E-state index contributed by atoms with van der Waals surface area (Å²) in [5.41, 5.74) is 0.260. The average molecular weight is 359 g/mol. The van der Waals surface area contributed by atoms with Crippen LogP contribution in [0.25, 0.3) is 0 Å². The number of pyridine rings is 1. The van der Waals surface area contributed by atoms with Crippen molar-refractivity contribution in [3.05, 3.63) is 54.4 Å². The fourth-order valence-electron chi connectivity index (χ4n) is 2.05. The van der Waals surface area contributed by atoms with Gasteiger partial charge in [-0.25, -0.2) is 13.1 Å². The van der Waals surface area contributed by atoms with Gasteiger partial charge in [-0.2, -0.15) is 5.26 Å². The molecule has 0 saturated carbocycles. The summed E-state index contributed by atoms with van der Waals surface area (Å²) in [6.07, 6.45) is 1.49. The molecule has 130 valence electrons. The highest BCUT2D eigenvalue weighted by Gasteiger charge is 2.29. The smallest absolute Gasteiger partial charge is 0.275 e. The Morgan fingerprint density at radius 1 is 1.24 bits per heavy atom. The van der Waals surface area contributed by atoms with Crippen LogP contribution in [-0.4, -0.2) is 25.4 Å². The van der Waals surface area contributed by atoms with Gasteiger partial charge >= 0.3 is 0 Å². The van der Waals surface area contributed by atoms with E-state index in [0.29, 0.717) is 0 Å². The Kier molecular flexibility index (Phi) is 5.72. The summed E-state index contributed by atoms with van der Waals surface area (Å²) in [6.45, 7) is 3.44. The van der Waals surface area contributed by atoms with Crippen molar-refractivity contribution in [2.75, 3.05) is 0 Å². The van der Waals surface area contributed by atoms with Gasteiger partial charge in [-0.3, -0.25) is 9.78 Å². The quantitative estimate of drug-likeness (QED) is 0.843. The van der Waals surface area contributed by atoms with E-state index in [1.165, 1.54) is 18.3 Å². The van der Waals surface area contributed by atoms with Crippen molar-refractivity contribution in [3.63, 3.8) is 0 Å². The molecule has 1 aromatic carbocycles. The molecule has 7 nitrogen and oxygen atoms in total. The number of nitriles is 1. The SMILES string of the molecule is CC(C)[C@H](Oc1ccccc1C#N)C(=O)NS(=O)(=O)c1cccnc1. The summed E-state index contributed by atoms with van der Waals surface area (Å²) in [7, 11) is -4.05. The lowest BCUT2D eigenvalue weighted by Gasteiger charge is -2.22. The van der Waals surface area contributed by atoms with Crippen LogP contribution in [-0.2, 0) is 14.8 Å². The fraction of sp³-hybridized carbons (Fsp3) is 0.235. The number of benzene rings is 1. The molecule has 0 unspecified atom stereocenters. The van der Waals surface area contributed by atoms with E-state index in [2.05, 4.69) is 4.98 Å². The summed E-state index contributed by atoms with van der Waals surface area (Å²) in [6, 6.07) is 11.2. The van der Waals surface area contributed by atoms with E-state index in [9.17, 15) is 13.2 Å². The molecule has 0 spiro atoms. The molecule has 0 aliphatic carbocycles. The van der Waals surface area contributed by atoms with Gasteiger partial charge in [0, 0.05) is 12.4 Å². The molecule has 2 rings (SSSR count). The first-order chi connectivity index (χ1) is 11.8. The number of para-hydroxylation sites is 1. The molecule has 1 N–H and O–H groups in total. The average Bonchev–Trinajstić information content (AvgIpc) is 2.60. The molecule has 8 heteroatoms. The molecule has 0 saturated heterocycles. The number of amides is 1. The summed E-state index contributed by atoms with van der Waals surface area (Å²) in [5.74, 6) is -0.917. The van der Waals surface area contributed by atoms with Crippen LogP contribution in [0.3, 0.4) is 0 Å². The lowest BCUT2D eigenvalue weighted by Crippen LogP contribution is -2.44. The van der Waals surface area contributed by atoms with Crippen molar-refractivity contribution in [2.45, 2.75) is 24.8 Å². The van der Waals surface area contributed by atoms with E-state index in [1.807, 2.05) is 10.8 Å².